The van der Waals surface area contributed by atoms with Gasteiger partial charge in [-0.25, -0.2) is 0 Å². The minimum Gasteiger partial charge on any atom is -0.396 e. The number of rotatable bonds is 4. The minimum absolute atomic E-state index is 0.185. The Kier molecular flexibility index (Phi) is 3.17. The van der Waals surface area contributed by atoms with Crippen molar-refractivity contribution in [2.45, 2.75) is 25.3 Å². The van der Waals surface area contributed by atoms with E-state index >= 15 is 0 Å². The van der Waals surface area contributed by atoms with Gasteiger partial charge in [0.15, 0.2) is 0 Å². The van der Waals surface area contributed by atoms with Crippen molar-refractivity contribution in [1.82, 2.24) is 15.2 Å². The Morgan fingerprint density at radius 3 is 3.13 bits per heavy atom. The molecule has 2 heterocycles. The van der Waals surface area contributed by atoms with Gasteiger partial charge in [0.1, 0.15) is 5.82 Å². The van der Waals surface area contributed by atoms with Crippen LogP contribution in [0.25, 0.3) is 0 Å². The van der Waals surface area contributed by atoms with Crippen molar-refractivity contribution in [3.8, 4) is 0 Å². The van der Waals surface area contributed by atoms with Crippen molar-refractivity contribution < 1.29 is 5.11 Å². The van der Waals surface area contributed by atoms with Crippen LogP contribution in [0.5, 0.6) is 0 Å². The van der Waals surface area contributed by atoms with Crippen molar-refractivity contribution in [3.63, 3.8) is 0 Å². The quantitative estimate of drug-likeness (QED) is 0.610. The molecule has 1 aliphatic rings. The maximum absolute atomic E-state index is 8.69. The van der Waals surface area contributed by atoms with Crippen LogP contribution in [0.4, 0.5) is 5.95 Å². The highest BCUT2D eigenvalue weighted by molar-refractivity contribution is 5.31. The van der Waals surface area contributed by atoms with Gasteiger partial charge in [-0.1, -0.05) is 0 Å². The second kappa shape index (κ2) is 4.59. The lowest BCUT2D eigenvalue weighted by Crippen LogP contribution is -2.27. The van der Waals surface area contributed by atoms with Gasteiger partial charge in [-0.2, -0.15) is 4.98 Å². The fourth-order valence-corrected chi connectivity index (χ4v) is 1.75. The van der Waals surface area contributed by atoms with Gasteiger partial charge in [-0.3, -0.25) is 5.10 Å². The predicted molar refractivity (Wildman–Crippen MR) is 56.6 cm³/mol. The minimum atomic E-state index is 0.185. The highest BCUT2D eigenvalue weighted by Crippen LogP contribution is 2.14. The molecule has 0 spiro atoms. The topological polar surface area (TPSA) is 91.1 Å². The van der Waals surface area contributed by atoms with Gasteiger partial charge in [0, 0.05) is 32.2 Å². The molecular weight excluding hydrogens is 194 g/mol. The molecule has 1 aliphatic heterocycles. The third-order valence-corrected chi connectivity index (χ3v) is 2.60. The van der Waals surface area contributed by atoms with E-state index in [0.29, 0.717) is 6.42 Å². The van der Waals surface area contributed by atoms with E-state index in [9.17, 15) is 0 Å². The van der Waals surface area contributed by atoms with Crippen LogP contribution in [-0.4, -0.2) is 46.0 Å². The zero-order valence-electron chi connectivity index (χ0n) is 8.69. The third kappa shape index (κ3) is 2.45. The first kappa shape index (κ1) is 10.4. The fraction of sp³-hybridized carbons (Fsp3) is 0.778. The number of nitrogens with two attached hydrogens (primary N) is 1. The van der Waals surface area contributed by atoms with E-state index in [2.05, 4.69) is 20.1 Å². The number of aryl methyl sites for hydroxylation is 1. The molecule has 0 saturated carbocycles. The lowest BCUT2D eigenvalue weighted by molar-refractivity contribution is 0.287. The number of anilines is 1. The summed E-state index contributed by atoms with van der Waals surface area (Å²) in [6, 6.07) is 0.240. The van der Waals surface area contributed by atoms with Crippen LogP contribution >= 0.6 is 0 Å². The van der Waals surface area contributed by atoms with Gasteiger partial charge in [0.05, 0.1) is 0 Å². The van der Waals surface area contributed by atoms with Crippen LogP contribution in [0.15, 0.2) is 0 Å². The summed E-state index contributed by atoms with van der Waals surface area (Å²) in [5.41, 5.74) is 5.81. The summed E-state index contributed by atoms with van der Waals surface area (Å²) in [7, 11) is 0. The van der Waals surface area contributed by atoms with Crippen molar-refractivity contribution in [2.75, 3.05) is 24.6 Å². The Hall–Kier alpha value is -1.14. The highest BCUT2D eigenvalue weighted by atomic mass is 16.2. The molecule has 0 radical (unpaired) electrons. The summed E-state index contributed by atoms with van der Waals surface area (Å²) in [6.07, 6.45) is 2.46. The molecule has 0 amide bonds. The van der Waals surface area contributed by atoms with Gasteiger partial charge < -0.3 is 15.7 Å². The zero-order valence-corrected chi connectivity index (χ0v) is 8.69. The third-order valence-electron chi connectivity index (χ3n) is 2.60. The number of aliphatic hydroxyl groups excluding tert-OH is 1. The van der Waals surface area contributed by atoms with Crippen LogP contribution in [0.1, 0.15) is 18.7 Å². The second-order valence-electron chi connectivity index (χ2n) is 3.90. The largest absolute Gasteiger partial charge is 0.396 e. The zero-order chi connectivity index (χ0) is 10.7. The molecule has 1 aromatic rings. The lowest BCUT2D eigenvalue weighted by atomic mass is 10.3. The van der Waals surface area contributed by atoms with Crippen LogP contribution in [-0.2, 0) is 6.42 Å². The summed E-state index contributed by atoms with van der Waals surface area (Å²) < 4.78 is 0. The fourth-order valence-electron chi connectivity index (χ4n) is 1.75. The molecule has 0 bridgehead atoms. The van der Waals surface area contributed by atoms with Gasteiger partial charge in [-0.15, -0.1) is 5.10 Å². The van der Waals surface area contributed by atoms with E-state index < -0.39 is 0 Å². The molecule has 1 fully saturated rings. The first-order valence-corrected chi connectivity index (χ1v) is 5.32. The molecule has 1 unspecified atom stereocenters. The Morgan fingerprint density at radius 1 is 1.60 bits per heavy atom. The normalized spacial score (nSPS) is 21.2. The van der Waals surface area contributed by atoms with E-state index in [1.807, 2.05) is 0 Å². The number of H-pyrrole nitrogens is 1. The first-order chi connectivity index (χ1) is 7.29. The summed E-state index contributed by atoms with van der Waals surface area (Å²) >= 11 is 0. The van der Waals surface area contributed by atoms with Crippen molar-refractivity contribution >= 4 is 5.95 Å². The SMILES string of the molecule is NC1CCN(c2n[nH]c(CCCO)n2)C1. The summed E-state index contributed by atoms with van der Waals surface area (Å²) in [5.74, 6) is 1.57. The molecule has 15 heavy (non-hydrogen) atoms. The predicted octanol–water partition coefficient (Wildman–Crippen LogP) is -0.733. The summed E-state index contributed by atoms with van der Waals surface area (Å²) in [5, 5.41) is 15.7. The van der Waals surface area contributed by atoms with Crippen LogP contribution in [0.3, 0.4) is 0 Å². The van der Waals surface area contributed by atoms with Crippen molar-refractivity contribution in [3.05, 3.63) is 5.82 Å². The van der Waals surface area contributed by atoms with E-state index in [-0.39, 0.29) is 12.6 Å². The monoisotopic (exact) mass is 211 g/mol. The van der Waals surface area contributed by atoms with Gasteiger partial charge >= 0.3 is 0 Å². The highest BCUT2D eigenvalue weighted by Gasteiger charge is 2.22. The van der Waals surface area contributed by atoms with Crippen molar-refractivity contribution in [2.24, 2.45) is 5.73 Å². The number of nitrogens with zero attached hydrogens (tertiary/aromatic N) is 3. The number of aliphatic hydroxyl groups is 1. The summed E-state index contributed by atoms with van der Waals surface area (Å²) in [4.78, 5) is 6.44. The van der Waals surface area contributed by atoms with Crippen LogP contribution in [0.2, 0.25) is 0 Å². The number of hydrogen-bond donors (Lipinski definition) is 3. The Morgan fingerprint density at radius 2 is 2.47 bits per heavy atom. The van der Waals surface area contributed by atoms with E-state index in [1.165, 1.54) is 0 Å². The second-order valence-corrected chi connectivity index (χ2v) is 3.90. The lowest BCUT2D eigenvalue weighted by Gasteiger charge is -2.11. The van der Waals surface area contributed by atoms with Crippen LogP contribution in [0, 0.1) is 0 Å². The molecule has 6 nitrogen and oxygen atoms in total. The summed E-state index contributed by atoms with van der Waals surface area (Å²) in [6.45, 7) is 1.94. The smallest absolute Gasteiger partial charge is 0.244 e. The molecule has 84 valence electrons. The van der Waals surface area contributed by atoms with Gasteiger partial charge in [-0.05, 0) is 12.8 Å². The van der Waals surface area contributed by atoms with Crippen molar-refractivity contribution in [1.29, 1.82) is 0 Å². The maximum atomic E-state index is 8.69. The van der Waals surface area contributed by atoms with Gasteiger partial charge in [0.2, 0.25) is 5.95 Å². The molecular formula is C9H17N5O. The number of hydrogen-bond acceptors (Lipinski definition) is 5. The molecule has 1 atom stereocenters. The molecule has 1 saturated heterocycles. The molecule has 0 aromatic carbocycles. The van der Waals surface area contributed by atoms with E-state index in [1.54, 1.807) is 0 Å². The number of aromatic amines is 1. The molecule has 4 N–H and O–H groups in total. The molecule has 2 rings (SSSR count). The Balaban J connectivity index is 1.94. The maximum Gasteiger partial charge on any atom is 0.244 e. The van der Waals surface area contributed by atoms with Crippen LogP contribution < -0.4 is 10.6 Å². The molecule has 1 aromatic heterocycles. The van der Waals surface area contributed by atoms with E-state index in [4.69, 9.17) is 10.8 Å². The Bertz CT molecular complexity index is 313. The first-order valence-electron chi connectivity index (χ1n) is 5.32. The number of nitrogens with one attached hydrogen (secondary N) is 1. The molecule has 0 aliphatic carbocycles. The van der Waals surface area contributed by atoms with E-state index in [0.717, 1.165) is 37.7 Å². The average Bonchev–Trinajstić information content (AvgIpc) is 2.83. The average molecular weight is 211 g/mol. The standard InChI is InChI=1S/C9H17N5O/c10-7-3-4-14(6-7)9-11-8(12-13-9)2-1-5-15/h7,15H,1-6,10H2,(H,11,12,13). The van der Waals surface area contributed by atoms with Gasteiger partial charge in [0.25, 0.3) is 0 Å². The Labute approximate surface area is 88.5 Å². The molecule has 6 heteroatoms. The number of aromatic nitrogens is 3.